The number of benzene rings is 2. The van der Waals surface area contributed by atoms with E-state index in [9.17, 15) is 13.5 Å². The van der Waals surface area contributed by atoms with Crippen molar-refractivity contribution in [2.75, 3.05) is 7.11 Å². The van der Waals surface area contributed by atoms with E-state index in [4.69, 9.17) is 16.3 Å². The fourth-order valence-electron chi connectivity index (χ4n) is 1.65. The molecule has 2 aromatic carbocycles. The average molecular weight is 341 g/mol. The molecule has 0 heterocycles. The van der Waals surface area contributed by atoms with Crippen LogP contribution in [-0.4, -0.2) is 26.8 Å². The summed E-state index contributed by atoms with van der Waals surface area (Å²) in [4.78, 5) is 2.20. The lowest BCUT2D eigenvalue weighted by molar-refractivity contribution is 0.373. The van der Waals surface area contributed by atoms with Gasteiger partial charge in [0.15, 0.2) is 11.5 Å². The quantitative estimate of drug-likeness (QED) is 0.646. The lowest BCUT2D eigenvalue weighted by Crippen LogP contribution is -2.18. The van der Waals surface area contributed by atoms with Crippen molar-refractivity contribution in [3.05, 3.63) is 53.1 Å². The Hall–Kier alpha value is -2.25. The first-order valence-electron chi connectivity index (χ1n) is 6.10. The summed E-state index contributed by atoms with van der Waals surface area (Å²) in [6, 6.07) is 10.8. The number of halogens is 1. The maximum Gasteiger partial charge on any atom is 0.276 e. The number of hydrogen-bond donors (Lipinski definition) is 2. The van der Waals surface area contributed by atoms with Crippen LogP contribution in [0.3, 0.4) is 0 Å². The molecule has 0 atom stereocenters. The monoisotopic (exact) mass is 340 g/mol. The minimum Gasteiger partial charge on any atom is -0.503 e. The zero-order chi connectivity index (χ0) is 16.2. The number of nitrogens with zero attached hydrogens (tertiary/aromatic N) is 1. The highest BCUT2D eigenvalue weighted by Gasteiger charge is 2.11. The van der Waals surface area contributed by atoms with E-state index in [2.05, 4.69) is 9.93 Å². The second-order valence-electron chi connectivity index (χ2n) is 4.22. The van der Waals surface area contributed by atoms with Gasteiger partial charge in [-0.15, -0.1) is 0 Å². The predicted molar refractivity (Wildman–Crippen MR) is 84.0 cm³/mol. The van der Waals surface area contributed by atoms with E-state index in [0.717, 1.165) is 0 Å². The van der Waals surface area contributed by atoms with E-state index >= 15 is 0 Å². The fourth-order valence-corrected chi connectivity index (χ4v) is 2.68. The van der Waals surface area contributed by atoms with Crippen molar-refractivity contribution in [3.63, 3.8) is 0 Å². The molecule has 0 fully saturated rings. The minimum atomic E-state index is -3.73. The Kier molecular flexibility index (Phi) is 4.89. The third-order valence-corrected chi connectivity index (χ3v) is 4.24. The van der Waals surface area contributed by atoms with Crippen LogP contribution in [0.15, 0.2) is 52.5 Å². The average Bonchev–Trinajstić information content (AvgIpc) is 2.51. The maximum absolute atomic E-state index is 12.0. The summed E-state index contributed by atoms with van der Waals surface area (Å²) in [7, 11) is -2.35. The van der Waals surface area contributed by atoms with Crippen LogP contribution in [-0.2, 0) is 10.0 Å². The van der Waals surface area contributed by atoms with Gasteiger partial charge < -0.3 is 9.84 Å². The molecule has 6 nitrogen and oxygen atoms in total. The maximum atomic E-state index is 12.0. The van der Waals surface area contributed by atoms with Gasteiger partial charge in [-0.05, 0) is 29.8 Å². The Balaban J connectivity index is 2.18. The molecule has 0 spiro atoms. The summed E-state index contributed by atoms with van der Waals surface area (Å²) < 4.78 is 28.9. The van der Waals surface area contributed by atoms with Crippen molar-refractivity contribution < 1.29 is 18.3 Å². The lowest BCUT2D eigenvalue weighted by atomic mass is 10.2. The largest absolute Gasteiger partial charge is 0.503 e. The molecule has 0 aliphatic carbocycles. The van der Waals surface area contributed by atoms with Crippen LogP contribution in [0.4, 0.5) is 0 Å². The summed E-state index contributed by atoms with van der Waals surface area (Å²) >= 11 is 5.83. The first-order valence-corrected chi connectivity index (χ1v) is 7.96. The first-order chi connectivity index (χ1) is 10.4. The van der Waals surface area contributed by atoms with Crippen molar-refractivity contribution in [2.45, 2.75) is 4.90 Å². The van der Waals surface area contributed by atoms with Crippen molar-refractivity contribution in [2.24, 2.45) is 5.10 Å². The summed E-state index contributed by atoms with van der Waals surface area (Å²) in [5, 5.41) is 13.4. The number of ether oxygens (including phenoxy) is 1. The summed E-state index contributed by atoms with van der Waals surface area (Å²) in [6.45, 7) is 0. The second kappa shape index (κ2) is 6.67. The van der Waals surface area contributed by atoms with E-state index in [1.54, 1.807) is 18.2 Å². The van der Waals surface area contributed by atoms with Gasteiger partial charge in [0.1, 0.15) is 0 Å². The normalized spacial score (nSPS) is 11.5. The molecule has 22 heavy (non-hydrogen) atoms. The Labute approximate surface area is 133 Å². The number of nitrogens with one attached hydrogen (secondary N) is 1. The first kappa shape index (κ1) is 16.1. The van der Waals surface area contributed by atoms with Crippen LogP contribution in [0.5, 0.6) is 11.5 Å². The third kappa shape index (κ3) is 3.69. The molecule has 0 bridgehead atoms. The van der Waals surface area contributed by atoms with E-state index < -0.39 is 10.0 Å². The number of hydrazone groups is 1. The van der Waals surface area contributed by atoms with Gasteiger partial charge in [0.2, 0.25) is 0 Å². The van der Waals surface area contributed by atoms with Crippen molar-refractivity contribution in [1.82, 2.24) is 4.83 Å². The predicted octanol–water partition coefficient (Wildman–Crippen LogP) is 2.37. The van der Waals surface area contributed by atoms with Crippen molar-refractivity contribution >= 4 is 27.8 Å². The number of sulfonamides is 1. The Morgan fingerprint density at radius 3 is 2.59 bits per heavy atom. The molecule has 0 saturated heterocycles. The van der Waals surface area contributed by atoms with Gasteiger partial charge in [0.25, 0.3) is 10.0 Å². The van der Waals surface area contributed by atoms with Gasteiger partial charge >= 0.3 is 0 Å². The number of phenols is 1. The summed E-state index contributed by atoms with van der Waals surface area (Å²) in [6.07, 6.45) is 1.26. The van der Waals surface area contributed by atoms with Gasteiger partial charge in [-0.3, -0.25) is 0 Å². The molecule has 2 N–H and O–H groups in total. The molecule has 0 saturated carbocycles. The molecular weight excluding hydrogens is 328 g/mol. The second-order valence-corrected chi connectivity index (χ2v) is 6.29. The van der Waals surface area contributed by atoms with Crippen molar-refractivity contribution in [3.8, 4) is 11.5 Å². The summed E-state index contributed by atoms with van der Waals surface area (Å²) in [5.41, 5.74) is 0.468. The van der Waals surface area contributed by atoms with E-state index in [-0.39, 0.29) is 21.4 Å². The number of methoxy groups -OCH3 is 1. The Morgan fingerprint density at radius 1 is 1.27 bits per heavy atom. The molecule has 0 aromatic heterocycles. The molecule has 0 amide bonds. The number of phenolic OH excluding ortho intramolecular Hbond substituents is 1. The highest BCUT2D eigenvalue weighted by atomic mass is 35.5. The highest BCUT2D eigenvalue weighted by molar-refractivity contribution is 7.89. The number of aromatic hydroxyl groups is 1. The Bertz CT molecular complexity index is 792. The fraction of sp³-hybridized carbons (Fsp3) is 0.0714. The molecular formula is C14H13ClN2O4S. The molecule has 8 heteroatoms. The molecule has 0 aliphatic heterocycles. The number of rotatable bonds is 5. The third-order valence-electron chi connectivity index (χ3n) is 2.71. The van der Waals surface area contributed by atoms with Crippen LogP contribution in [0.2, 0.25) is 5.02 Å². The van der Waals surface area contributed by atoms with Crippen LogP contribution in [0.1, 0.15) is 5.56 Å². The standard InChI is InChI=1S/C14H13ClN2O4S/c1-21-13-8-10(7-12(15)14(13)18)9-16-17-22(19,20)11-5-3-2-4-6-11/h2-9,17-18H,1H3/b16-9+. The molecule has 2 aromatic rings. The minimum absolute atomic E-state index is 0.0757. The van der Waals surface area contributed by atoms with Gasteiger partial charge in [0.05, 0.1) is 23.2 Å². The van der Waals surface area contributed by atoms with Crippen LogP contribution in [0.25, 0.3) is 0 Å². The Morgan fingerprint density at radius 2 is 1.95 bits per heavy atom. The van der Waals surface area contributed by atoms with Gasteiger partial charge in [-0.2, -0.15) is 13.5 Å². The van der Waals surface area contributed by atoms with Crippen molar-refractivity contribution in [1.29, 1.82) is 0 Å². The SMILES string of the molecule is COc1cc(/C=N/NS(=O)(=O)c2ccccc2)cc(Cl)c1O. The molecule has 2 rings (SSSR count). The highest BCUT2D eigenvalue weighted by Crippen LogP contribution is 2.34. The lowest BCUT2D eigenvalue weighted by Gasteiger charge is -2.06. The van der Waals surface area contributed by atoms with Gasteiger partial charge in [-0.25, -0.2) is 4.83 Å². The summed E-state index contributed by atoms with van der Waals surface area (Å²) in [5.74, 6) is -0.0222. The smallest absolute Gasteiger partial charge is 0.276 e. The zero-order valence-electron chi connectivity index (χ0n) is 11.5. The van der Waals surface area contributed by atoms with Gasteiger partial charge in [0, 0.05) is 0 Å². The van der Waals surface area contributed by atoms with E-state index in [0.29, 0.717) is 5.56 Å². The van der Waals surface area contributed by atoms with Gasteiger partial charge in [-0.1, -0.05) is 29.8 Å². The molecule has 0 radical (unpaired) electrons. The molecule has 0 unspecified atom stereocenters. The molecule has 116 valence electrons. The van der Waals surface area contributed by atoms with Crippen LogP contribution < -0.4 is 9.57 Å². The van der Waals surface area contributed by atoms with Crippen LogP contribution in [0, 0.1) is 0 Å². The number of hydrogen-bond acceptors (Lipinski definition) is 5. The molecule has 0 aliphatic rings. The zero-order valence-corrected chi connectivity index (χ0v) is 13.1. The van der Waals surface area contributed by atoms with Crippen LogP contribution >= 0.6 is 11.6 Å². The van der Waals surface area contributed by atoms with E-state index in [1.165, 1.54) is 37.6 Å². The van der Waals surface area contributed by atoms with E-state index in [1.807, 2.05) is 0 Å². The topological polar surface area (TPSA) is 88.0 Å².